The lowest BCUT2D eigenvalue weighted by molar-refractivity contribution is 1.23. The monoisotopic (exact) mass is 344 g/mol. The Labute approximate surface area is 149 Å². The molecular weight excluding hydrogens is 328 g/mol. The summed E-state index contributed by atoms with van der Waals surface area (Å²) in [6.45, 7) is 0. The molecule has 4 rings (SSSR count). The van der Waals surface area contributed by atoms with E-state index < -0.39 is 0 Å². The van der Waals surface area contributed by atoms with E-state index in [-0.39, 0.29) is 0 Å². The average molecular weight is 344 g/mol. The lowest BCUT2D eigenvalue weighted by Gasteiger charge is -2.05. The third kappa shape index (κ3) is 2.75. The second-order valence-electron chi connectivity index (χ2n) is 5.60. The fourth-order valence-corrected chi connectivity index (χ4v) is 4.08. The van der Waals surface area contributed by atoms with E-state index in [0.717, 1.165) is 15.8 Å². The van der Waals surface area contributed by atoms with Crippen LogP contribution in [0, 0.1) is 0 Å². The molecule has 5 heteroatoms. The Morgan fingerprint density at radius 3 is 2.32 bits per heavy atom. The van der Waals surface area contributed by atoms with Gasteiger partial charge in [-0.05, 0) is 12.1 Å². The highest BCUT2D eigenvalue weighted by molar-refractivity contribution is 7.26. The molecule has 0 aliphatic rings. The van der Waals surface area contributed by atoms with Gasteiger partial charge in [0.25, 0.3) is 0 Å². The molecule has 122 valence electrons. The molecular formula is C20H16N4S. The number of hydrogen-bond donors (Lipinski definition) is 2. The number of amidine groups is 2. The van der Waals surface area contributed by atoms with E-state index in [2.05, 4.69) is 28.3 Å². The van der Waals surface area contributed by atoms with Crippen molar-refractivity contribution in [1.82, 2.24) is 0 Å². The molecule has 1 aromatic heterocycles. The largest absolute Gasteiger partial charge is 0.383 e. The molecule has 0 aliphatic heterocycles. The highest BCUT2D eigenvalue weighted by atomic mass is 32.1. The van der Waals surface area contributed by atoms with Crippen molar-refractivity contribution < 1.29 is 0 Å². The third-order valence-corrected chi connectivity index (χ3v) is 5.28. The molecule has 0 unspecified atom stereocenters. The maximum absolute atomic E-state index is 6.14. The number of thiophene rings is 1. The van der Waals surface area contributed by atoms with E-state index in [1.165, 1.54) is 15.5 Å². The Balaban J connectivity index is 1.88. The molecule has 4 nitrogen and oxygen atoms in total. The van der Waals surface area contributed by atoms with Crippen molar-refractivity contribution in [2.24, 2.45) is 21.7 Å². The maximum Gasteiger partial charge on any atom is 0.182 e. The van der Waals surface area contributed by atoms with Crippen molar-refractivity contribution in [2.75, 3.05) is 0 Å². The van der Waals surface area contributed by atoms with Crippen LogP contribution in [0.4, 0.5) is 0 Å². The van der Waals surface area contributed by atoms with Crippen LogP contribution < -0.4 is 11.6 Å². The van der Waals surface area contributed by atoms with Crippen LogP contribution in [0.5, 0.6) is 0 Å². The van der Waals surface area contributed by atoms with Crippen LogP contribution in [0.2, 0.25) is 0 Å². The smallest absolute Gasteiger partial charge is 0.182 e. The molecule has 25 heavy (non-hydrogen) atoms. The highest BCUT2D eigenvalue weighted by Gasteiger charge is 2.13. The molecule has 0 radical (unpaired) electrons. The molecule has 0 bridgehead atoms. The van der Waals surface area contributed by atoms with Crippen LogP contribution >= 0.6 is 11.3 Å². The van der Waals surface area contributed by atoms with Crippen LogP contribution in [0.3, 0.4) is 0 Å². The predicted octanol–water partition coefficient (Wildman–Crippen LogP) is 4.08. The second-order valence-corrected chi connectivity index (χ2v) is 6.65. The van der Waals surface area contributed by atoms with Crippen LogP contribution in [-0.2, 0) is 0 Å². The highest BCUT2D eigenvalue weighted by Crippen LogP contribution is 2.36. The number of rotatable bonds is 2. The lowest BCUT2D eigenvalue weighted by Crippen LogP contribution is -2.16. The molecule has 0 atom stereocenters. The minimum Gasteiger partial charge on any atom is -0.383 e. The number of hydrogen-bond acceptors (Lipinski definition) is 3. The van der Waals surface area contributed by atoms with Gasteiger partial charge in [-0.25, -0.2) is 4.99 Å². The van der Waals surface area contributed by atoms with Crippen LogP contribution in [-0.4, -0.2) is 11.7 Å². The first-order chi connectivity index (χ1) is 12.3. The zero-order chi connectivity index (χ0) is 17.2. The molecule has 1 heterocycles. The van der Waals surface area contributed by atoms with Gasteiger partial charge in [0.15, 0.2) is 5.84 Å². The standard InChI is InChI=1S/C20H16N4S/c21-19(13-7-2-1-3-8-13)23-20(24-22)16-11-6-10-15-14-9-4-5-12-17(14)25-18(15)16/h1-12H,22H2,(H2,21,23,24). The summed E-state index contributed by atoms with van der Waals surface area (Å²) >= 11 is 1.71. The van der Waals surface area contributed by atoms with E-state index in [4.69, 9.17) is 11.6 Å². The number of fused-ring (bicyclic) bond motifs is 3. The first kappa shape index (κ1) is 15.4. The van der Waals surface area contributed by atoms with Crippen LogP contribution in [0.25, 0.3) is 20.2 Å². The van der Waals surface area contributed by atoms with Gasteiger partial charge >= 0.3 is 0 Å². The summed E-state index contributed by atoms with van der Waals surface area (Å²) in [5.41, 5.74) is 7.87. The molecule has 0 amide bonds. The average Bonchev–Trinajstić information content (AvgIpc) is 3.05. The normalized spacial score (nSPS) is 12.8. The van der Waals surface area contributed by atoms with E-state index in [9.17, 15) is 0 Å². The molecule has 0 aliphatic carbocycles. The van der Waals surface area contributed by atoms with E-state index in [1.54, 1.807) is 11.3 Å². The van der Waals surface area contributed by atoms with Crippen molar-refractivity contribution in [3.05, 3.63) is 83.9 Å². The third-order valence-electron chi connectivity index (χ3n) is 4.06. The molecule has 3 aromatic carbocycles. The molecule has 0 saturated carbocycles. The topological polar surface area (TPSA) is 76.8 Å². The predicted molar refractivity (Wildman–Crippen MR) is 107 cm³/mol. The molecule has 0 spiro atoms. The van der Waals surface area contributed by atoms with Crippen LogP contribution in [0.15, 0.2) is 82.9 Å². The number of hydrazone groups is 1. The SMILES string of the molecule is NN=C(N=C(N)c1ccccc1)c1cccc2c1sc1ccccc12. The first-order valence-electron chi connectivity index (χ1n) is 7.86. The van der Waals surface area contributed by atoms with Crippen LogP contribution in [0.1, 0.15) is 11.1 Å². The molecule has 0 fully saturated rings. The zero-order valence-corrected chi connectivity index (χ0v) is 14.2. The van der Waals surface area contributed by atoms with Crippen molar-refractivity contribution in [2.45, 2.75) is 0 Å². The molecule has 4 aromatic rings. The quantitative estimate of drug-likeness (QED) is 0.249. The van der Waals surface area contributed by atoms with Gasteiger partial charge in [-0.15, -0.1) is 11.3 Å². The van der Waals surface area contributed by atoms with Gasteiger partial charge in [0.2, 0.25) is 0 Å². The van der Waals surface area contributed by atoms with E-state index in [0.29, 0.717) is 11.7 Å². The minimum atomic E-state index is 0.392. The Kier molecular flexibility index (Phi) is 3.91. The number of benzene rings is 3. The van der Waals surface area contributed by atoms with E-state index >= 15 is 0 Å². The fourth-order valence-electron chi connectivity index (χ4n) is 2.87. The number of aliphatic imine (C=N–C) groups is 1. The molecule has 0 saturated heterocycles. The Morgan fingerprint density at radius 2 is 1.52 bits per heavy atom. The second kappa shape index (κ2) is 6.37. The van der Waals surface area contributed by atoms with Crippen molar-refractivity contribution in [3.8, 4) is 0 Å². The van der Waals surface area contributed by atoms with Gasteiger partial charge in [0.1, 0.15) is 5.84 Å². The maximum atomic E-state index is 6.14. The Bertz CT molecular complexity index is 1110. The number of nitrogens with two attached hydrogens (primary N) is 2. The van der Waals surface area contributed by atoms with Crippen molar-refractivity contribution in [1.29, 1.82) is 0 Å². The van der Waals surface area contributed by atoms with Crippen molar-refractivity contribution >= 4 is 43.2 Å². The minimum absolute atomic E-state index is 0.392. The first-order valence-corrected chi connectivity index (χ1v) is 8.67. The van der Waals surface area contributed by atoms with Gasteiger partial charge < -0.3 is 11.6 Å². The van der Waals surface area contributed by atoms with Gasteiger partial charge in [0.05, 0.1) is 0 Å². The summed E-state index contributed by atoms with van der Waals surface area (Å²) in [5, 5.41) is 6.30. The summed E-state index contributed by atoms with van der Waals surface area (Å²) in [6, 6.07) is 24.0. The summed E-state index contributed by atoms with van der Waals surface area (Å²) < 4.78 is 2.33. The Hall–Kier alpha value is -3.18. The lowest BCUT2D eigenvalue weighted by atomic mass is 10.1. The van der Waals surface area contributed by atoms with Gasteiger partial charge in [-0.1, -0.05) is 60.7 Å². The van der Waals surface area contributed by atoms with Crippen molar-refractivity contribution in [3.63, 3.8) is 0 Å². The summed E-state index contributed by atoms with van der Waals surface area (Å²) in [7, 11) is 0. The fraction of sp³-hybridized carbons (Fsp3) is 0. The van der Waals surface area contributed by atoms with Gasteiger partial charge in [-0.2, -0.15) is 5.10 Å². The Morgan fingerprint density at radius 1 is 0.800 bits per heavy atom. The summed E-state index contributed by atoms with van der Waals surface area (Å²) in [5.74, 6) is 6.47. The summed E-state index contributed by atoms with van der Waals surface area (Å²) in [4.78, 5) is 4.48. The van der Waals surface area contributed by atoms with Gasteiger partial charge in [-0.3, -0.25) is 0 Å². The number of nitrogens with zero attached hydrogens (tertiary/aromatic N) is 2. The summed E-state index contributed by atoms with van der Waals surface area (Å²) in [6.07, 6.45) is 0. The zero-order valence-electron chi connectivity index (χ0n) is 13.4. The van der Waals surface area contributed by atoms with E-state index in [1.807, 2.05) is 54.6 Å². The van der Waals surface area contributed by atoms with Gasteiger partial charge in [0, 0.05) is 31.3 Å². The molecule has 4 N–H and O–H groups in total.